The van der Waals surface area contributed by atoms with Gasteiger partial charge in [-0.3, -0.25) is 9.59 Å². The lowest BCUT2D eigenvalue weighted by Crippen LogP contribution is -2.52. The van der Waals surface area contributed by atoms with Crippen LogP contribution in [0, 0.1) is 0 Å². The van der Waals surface area contributed by atoms with Crippen LogP contribution in [0.1, 0.15) is 25.3 Å². The fourth-order valence-electron chi connectivity index (χ4n) is 1.69. The van der Waals surface area contributed by atoms with Crippen molar-refractivity contribution in [3.05, 3.63) is 29.8 Å². The Kier molecular flexibility index (Phi) is 4.47. The molecular formula is C14H17N3O3. The van der Waals surface area contributed by atoms with E-state index in [1.165, 1.54) is 0 Å². The van der Waals surface area contributed by atoms with Crippen molar-refractivity contribution in [1.82, 2.24) is 5.32 Å². The number of nitrogens with two attached hydrogens (primary N) is 1. The highest BCUT2D eigenvalue weighted by Crippen LogP contribution is 2.14. The number of rotatable bonds is 5. The molecule has 20 heavy (non-hydrogen) atoms. The minimum Gasteiger partial charge on any atom is -0.494 e. The predicted octanol–water partition coefficient (Wildman–Crippen LogP) is 0.596. The molecule has 1 heterocycles. The van der Waals surface area contributed by atoms with Crippen LogP contribution in [-0.2, 0) is 9.59 Å². The first-order chi connectivity index (χ1) is 9.61. The molecule has 0 bridgehead atoms. The molecule has 0 aromatic heterocycles. The fraction of sp³-hybridized carbons (Fsp3) is 0.357. The Bertz CT molecular complexity index is 537. The number of hydrogen-bond acceptors (Lipinski definition) is 4. The minimum absolute atomic E-state index is 0.224. The standard InChI is InChI=1S/C14H17N3O3/c1-2-3-8-20-10-6-4-9(5-7-10)12-16-13(18)11(15)14(19)17-12/h4-7,11H,2-3,8,15H2,1H3,(H,16,17,18,19). The van der Waals surface area contributed by atoms with E-state index in [1.54, 1.807) is 24.3 Å². The van der Waals surface area contributed by atoms with Gasteiger partial charge in [0.1, 0.15) is 11.6 Å². The van der Waals surface area contributed by atoms with Crippen LogP contribution in [0.4, 0.5) is 0 Å². The number of nitrogens with zero attached hydrogens (tertiary/aromatic N) is 1. The molecule has 0 spiro atoms. The molecule has 0 aliphatic carbocycles. The second-order valence-electron chi connectivity index (χ2n) is 4.49. The van der Waals surface area contributed by atoms with Gasteiger partial charge in [0, 0.05) is 5.56 Å². The van der Waals surface area contributed by atoms with Gasteiger partial charge in [-0.05, 0) is 30.7 Å². The fourth-order valence-corrected chi connectivity index (χ4v) is 1.69. The van der Waals surface area contributed by atoms with Crippen molar-refractivity contribution < 1.29 is 14.3 Å². The summed E-state index contributed by atoms with van der Waals surface area (Å²) in [5.41, 5.74) is 6.01. The molecule has 1 aliphatic heterocycles. The van der Waals surface area contributed by atoms with E-state index < -0.39 is 17.9 Å². The maximum Gasteiger partial charge on any atom is 0.274 e. The first-order valence-corrected chi connectivity index (χ1v) is 6.54. The van der Waals surface area contributed by atoms with E-state index in [9.17, 15) is 9.59 Å². The van der Waals surface area contributed by atoms with Gasteiger partial charge in [0.15, 0.2) is 6.04 Å². The summed E-state index contributed by atoms with van der Waals surface area (Å²) < 4.78 is 5.53. The van der Waals surface area contributed by atoms with Crippen molar-refractivity contribution >= 4 is 17.6 Å². The topological polar surface area (TPSA) is 93.8 Å². The van der Waals surface area contributed by atoms with Crippen molar-refractivity contribution in [2.24, 2.45) is 10.7 Å². The Morgan fingerprint density at radius 3 is 2.60 bits per heavy atom. The third-order valence-corrected chi connectivity index (χ3v) is 2.91. The lowest BCUT2D eigenvalue weighted by atomic mass is 10.1. The van der Waals surface area contributed by atoms with Crippen LogP contribution in [0.5, 0.6) is 5.75 Å². The number of aliphatic imine (C=N–C) groups is 1. The van der Waals surface area contributed by atoms with Crippen LogP contribution in [0.25, 0.3) is 0 Å². The molecule has 6 heteroatoms. The highest BCUT2D eigenvalue weighted by Gasteiger charge is 2.28. The van der Waals surface area contributed by atoms with E-state index in [-0.39, 0.29) is 5.84 Å². The van der Waals surface area contributed by atoms with Gasteiger partial charge < -0.3 is 15.8 Å². The van der Waals surface area contributed by atoms with Crippen LogP contribution >= 0.6 is 0 Å². The molecule has 0 saturated heterocycles. The monoisotopic (exact) mass is 275 g/mol. The Balaban J connectivity index is 2.08. The van der Waals surface area contributed by atoms with E-state index in [4.69, 9.17) is 10.5 Å². The van der Waals surface area contributed by atoms with Gasteiger partial charge in [-0.1, -0.05) is 13.3 Å². The summed E-state index contributed by atoms with van der Waals surface area (Å²) >= 11 is 0. The summed E-state index contributed by atoms with van der Waals surface area (Å²) in [6.07, 6.45) is 2.07. The summed E-state index contributed by atoms with van der Waals surface area (Å²) in [5.74, 6) is -0.204. The summed E-state index contributed by atoms with van der Waals surface area (Å²) in [6.45, 7) is 2.76. The molecular weight excluding hydrogens is 258 g/mol. The molecule has 1 aliphatic rings. The zero-order valence-corrected chi connectivity index (χ0v) is 11.3. The first kappa shape index (κ1) is 14.2. The third kappa shape index (κ3) is 3.21. The second kappa shape index (κ2) is 6.29. The van der Waals surface area contributed by atoms with Crippen LogP contribution in [0.3, 0.4) is 0 Å². The Morgan fingerprint density at radius 2 is 2.00 bits per heavy atom. The van der Waals surface area contributed by atoms with Crippen molar-refractivity contribution in [3.8, 4) is 5.75 Å². The summed E-state index contributed by atoms with van der Waals surface area (Å²) in [5, 5.41) is 2.51. The molecule has 106 valence electrons. The zero-order chi connectivity index (χ0) is 14.5. The molecule has 1 atom stereocenters. The molecule has 1 aromatic rings. The summed E-state index contributed by atoms with van der Waals surface area (Å²) in [4.78, 5) is 26.7. The van der Waals surface area contributed by atoms with Crippen molar-refractivity contribution in [2.45, 2.75) is 25.8 Å². The molecule has 2 rings (SSSR count). The third-order valence-electron chi connectivity index (χ3n) is 2.91. The number of unbranched alkanes of at least 4 members (excludes halogenated alkanes) is 1. The Hall–Kier alpha value is -2.21. The highest BCUT2D eigenvalue weighted by molar-refractivity contribution is 6.22. The van der Waals surface area contributed by atoms with E-state index in [1.807, 2.05) is 0 Å². The Morgan fingerprint density at radius 1 is 1.30 bits per heavy atom. The maximum absolute atomic E-state index is 11.5. The highest BCUT2D eigenvalue weighted by atomic mass is 16.5. The number of amidine groups is 1. The lowest BCUT2D eigenvalue weighted by Gasteiger charge is -2.17. The quantitative estimate of drug-likeness (QED) is 0.607. The molecule has 0 fully saturated rings. The molecule has 3 N–H and O–H groups in total. The largest absolute Gasteiger partial charge is 0.494 e. The smallest absolute Gasteiger partial charge is 0.274 e. The Labute approximate surface area is 117 Å². The van der Waals surface area contributed by atoms with Crippen LogP contribution < -0.4 is 15.8 Å². The minimum atomic E-state index is -1.21. The van der Waals surface area contributed by atoms with Gasteiger partial charge in [0.05, 0.1) is 6.61 Å². The van der Waals surface area contributed by atoms with Crippen molar-refractivity contribution in [2.75, 3.05) is 6.61 Å². The van der Waals surface area contributed by atoms with Crippen LogP contribution in [0.15, 0.2) is 29.3 Å². The molecule has 1 unspecified atom stereocenters. The predicted molar refractivity (Wildman–Crippen MR) is 74.5 cm³/mol. The van der Waals surface area contributed by atoms with Gasteiger partial charge in [-0.2, -0.15) is 4.99 Å². The molecule has 0 saturated carbocycles. The van der Waals surface area contributed by atoms with E-state index >= 15 is 0 Å². The van der Waals surface area contributed by atoms with Gasteiger partial charge >= 0.3 is 0 Å². The van der Waals surface area contributed by atoms with E-state index in [2.05, 4.69) is 17.2 Å². The maximum atomic E-state index is 11.5. The number of benzene rings is 1. The molecule has 6 nitrogen and oxygen atoms in total. The second-order valence-corrected chi connectivity index (χ2v) is 4.49. The summed E-state index contributed by atoms with van der Waals surface area (Å²) in [6, 6.07) is 5.82. The average molecular weight is 275 g/mol. The molecule has 0 radical (unpaired) electrons. The number of nitrogens with one attached hydrogen (secondary N) is 1. The number of amides is 2. The molecule has 1 aromatic carbocycles. The normalized spacial score (nSPS) is 18.5. The number of ether oxygens (including phenoxy) is 1. The van der Waals surface area contributed by atoms with E-state index in [0.29, 0.717) is 12.2 Å². The number of hydrogen-bond donors (Lipinski definition) is 2. The SMILES string of the molecule is CCCCOc1ccc(C2=NC(=O)C(N)C(=O)N2)cc1. The van der Waals surface area contributed by atoms with Gasteiger partial charge in [0.25, 0.3) is 11.8 Å². The summed E-state index contributed by atoms with van der Waals surface area (Å²) in [7, 11) is 0. The zero-order valence-electron chi connectivity index (χ0n) is 11.3. The molecule has 2 amide bonds. The van der Waals surface area contributed by atoms with Gasteiger partial charge in [-0.25, -0.2) is 0 Å². The van der Waals surface area contributed by atoms with Crippen molar-refractivity contribution in [1.29, 1.82) is 0 Å². The van der Waals surface area contributed by atoms with Crippen LogP contribution in [0.2, 0.25) is 0 Å². The van der Waals surface area contributed by atoms with Gasteiger partial charge in [-0.15, -0.1) is 0 Å². The van der Waals surface area contributed by atoms with Crippen LogP contribution in [-0.4, -0.2) is 30.3 Å². The van der Waals surface area contributed by atoms with Crippen molar-refractivity contribution in [3.63, 3.8) is 0 Å². The average Bonchev–Trinajstić information content (AvgIpc) is 2.45. The lowest BCUT2D eigenvalue weighted by molar-refractivity contribution is -0.129. The van der Waals surface area contributed by atoms with Gasteiger partial charge in [0.2, 0.25) is 0 Å². The first-order valence-electron chi connectivity index (χ1n) is 6.54. The number of carbonyl (C=O) groups excluding carboxylic acids is 2. The van der Waals surface area contributed by atoms with E-state index in [0.717, 1.165) is 18.6 Å². The number of carbonyl (C=O) groups is 2.